The lowest BCUT2D eigenvalue weighted by molar-refractivity contribution is 0.102. The van der Waals surface area contributed by atoms with Gasteiger partial charge in [0, 0.05) is 30.1 Å². The Morgan fingerprint density at radius 1 is 1.15 bits per heavy atom. The average Bonchev–Trinajstić information content (AvgIpc) is 2.68. The third-order valence-electron chi connectivity index (χ3n) is 4.34. The average molecular weight is 392 g/mol. The molecular formula is C20H26ClN3O3. The van der Waals surface area contributed by atoms with Crippen molar-refractivity contribution in [1.82, 2.24) is 4.98 Å². The molecule has 1 aliphatic carbocycles. The van der Waals surface area contributed by atoms with Crippen LogP contribution in [0.3, 0.4) is 0 Å². The van der Waals surface area contributed by atoms with Gasteiger partial charge in [0.05, 0.1) is 0 Å². The van der Waals surface area contributed by atoms with Gasteiger partial charge in [-0.2, -0.15) is 0 Å². The molecule has 1 aliphatic rings. The summed E-state index contributed by atoms with van der Waals surface area (Å²) in [5.74, 6) is 1.03. The number of amides is 1. The Kier molecular flexibility index (Phi) is 8.36. The fourth-order valence-corrected chi connectivity index (χ4v) is 2.98. The van der Waals surface area contributed by atoms with E-state index in [1.165, 1.54) is 19.3 Å². The molecule has 3 rings (SSSR count). The molecule has 1 heterocycles. The van der Waals surface area contributed by atoms with Gasteiger partial charge in [-0.3, -0.25) is 4.79 Å². The van der Waals surface area contributed by atoms with Crippen LogP contribution in [-0.4, -0.2) is 30.1 Å². The zero-order valence-electron chi connectivity index (χ0n) is 15.2. The number of benzene rings is 1. The summed E-state index contributed by atoms with van der Waals surface area (Å²) in [6.45, 7) is 0.929. The van der Waals surface area contributed by atoms with Gasteiger partial charge < -0.3 is 20.5 Å². The molecule has 1 aromatic heterocycles. The lowest BCUT2D eigenvalue weighted by atomic mass is 9.98. The number of nitrogens with two attached hydrogens (primary N) is 1. The highest BCUT2D eigenvalue weighted by Gasteiger charge is 2.16. The van der Waals surface area contributed by atoms with Crippen molar-refractivity contribution in [2.24, 2.45) is 5.73 Å². The van der Waals surface area contributed by atoms with Gasteiger partial charge in [-0.1, -0.05) is 6.42 Å². The maximum atomic E-state index is 12.5. The molecule has 1 aromatic carbocycles. The Hall–Kier alpha value is -2.31. The highest BCUT2D eigenvalue weighted by atomic mass is 35.5. The van der Waals surface area contributed by atoms with Crippen molar-refractivity contribution in [2.75, 3.05) is 18.5 Å². The molecule has 1 saturated carbocycles. The van der Waals surface area contributed by atoms with E-state index in [-0.39, 0.29) is 24.4 Å². The van der Waals surface area contributed by atoms with E-state index in [1.54, 1.807) is 42.6 Å². The monoisotopic (exact) mass is 391 g/mol. The van der Waals surface area contributed by atoms with Crippen molar-refractivity contribution in [1.29, 1.82) is 0 Å². The molecule has 7 heteroatoms. The SMILES string of the molecule is Cl.NCCOc1ccc(NC(=O)c2ccnc(OC3CCCCC3)c2)cc1. The van der Waals surface area contributed by atoms with E-state index >= 15 is 0 Å². The Morgan fingerprint density at radius 2 is 1.89 bits per heavy atom. The van der Waals surface area contributed by atoms with Crippen molar-refractivity contribution < 1.29 is 14.3 Å². The second kappa shape index (κ2) is 10.7. The number of anilines is 1. The van der Waals surface area contributed by atoms with Crippen LogP contribution < -0.4 is 20.5 Å². The normalized spacial score (nSPS) is 14.1. The van der Waals surface area contributed by atoms with Gasteiger partial charge in [0.1, 0.15) is 18.5 Å². The summed E-state index contributed by atoms with van der Waals surface area (Å²) in [7, 11) is 0. The summed E-state index contributed by atoms with van der Waals surface area (Å²) in [4.78, 5) is 16.7. The van der Waals surface area contributed by atoms with Crippen molar-refractivity contribution in [3.05, 3.63) is 48.2 Å². The van der Waals surface area contributed by atoms with Crippen LogP contribution in [0.4, 0.5) is 5.69 Å². The van der Waals surface area contributed by atoms with Gasteiger partial charge in [-0.05, 0) is 56.0 Å². The van der Waals surface area contributed by atoms with Crippen LogP contribution in [-0.2, 0) is 0 Å². The third-order valence-corrected chi connectivity index (χ3v) is 4.34. The maximum absolute atomic E-state index is 12.5. The summed E-state index contributed by atoms with van der Waals surface area (Å²) < 4.78 is 11.4. The standard InChI is InChI=1S/C20H25N3O3.ClH/c21-11-13-25-17-8-6-16(7-9-17)23-20(24)15-10-12-22-19(14-15)26-18-4-2-1-3-5-18;/h6-10,12,14,18H,1-5,11,13,21H2,(H,23,24);1H. The second-order valence-electron chi connectivity index (χ2n) is 6.38. The molecule has 0 bridgehead atoms. The first kappa shape index (κ1) is 21.0. The third kappa shape index (κ3) is 6.41. The molecule has 3 N–H and O–H groups in total. The molecule has 0 spiro atoms. The molecule has 0 saturated heterocycles. The summed E-state index contributed by atoms with van der Waals surface area (Å²) >= 11 is 0. The van der Waals surface area contributed by atoms with Crippen molar-refractivity contribution in [3.63, 3.8) is 0 Å². The topological polar surface area (TPSA) is 86.5 Å². The summed E-state index contributed by atoms with van der Waals surface area (Å²) in [5, 5.41) is 2.87. The molecular weight excluding hydrogens is 366 g/mol. The van der Waals surface area contributed by atoms with E-state index in [4.69, 9.17) is 15.2 Å². The van der Waals surface area contributed by atoms with Crippen LogP contribution in [0.25, 0.3) is 0 Å². The van der Waals surface area contributed by atoms with Crippen LogP contribution in [0.2, 0.25) is 0 Å². The van der Waals surface area contributed by atoms with Crippen LogP contribution >= 0.6 is 12.4 Å². The second-order valence-corrected chi connectivity index (χ2v) is 6.38. The number of rotatable bonds is 7. The van der Waals surface area contributed by atoms with Gasteiger partial charge in [0.15, 0.2) is 0 Å². The van der Waals surface area contributed by atoms with Crippen LogP contribution in [0.5, 0.6) is 11.6 Å². The van der Waals surface area contributed by atoms with Gasteiger partial charge in [-0.25, -0.2) is 4.98 Å². The number of aromatic nitrogens is 1. The lowest BCUT2D eigenvalue weighted by Gasteiger charge is -2.22. The van der Waals surface area contributed by atoms with Gasteiger partial charge in [-0.15, -0.1) is 12.4 Å². The van der Waals surface area contributed by atoms with Crippen LogP contribution in [0.15, 0.2) is 42.6 Å². The fourth-order valence-electron chi connectivity index (χ4n) is 2.98. The zero-order chi connectivity index (χ0) is 18.2. The fraction of sp³-hybridized carbons (Fsp3) is 0.400. The van der Waals surface area contributed by atoms with E-state index < -0.39 is 0 Å². The molecule has 0 atom stereocenters. The number of carbonyl (C=O) groups is 1. The molecule has 1 amide bonds. The number of nitrogens with one attached hydrogen (secondary N) is 1. The predicted molar refractivity (Wildman–Crippen MR) is 108 cm³/mol. The maximum Gasteiger partial charge on any atom is 0.255 e. The first-order valence-corrected chi connectivity index (χ1v) is 9.11. The minimum atomic E-state index is -0.198. The number of pyridine rings is 1. The van der Waals surface area contributed by atoms with Crippen LogP contribution in [0, 0.1) is 0 Å². The zero-order valence-corrected chi connectivity index (χ0v) is 16.0. The number of carbonyl (C=O) groups excluding carboxylic acids is 1. The molecule has 0 radical (unpaired) electrons. The van der Waals surface area contributed by atoms with Crippen molar-refractivity contribution in [3.8, 4) is 11.6 Å². The Bertz CT molecular complexity index is 719. The molecule has 27 heavy (non-hydrogen) atoms. The minimum absolute atomic E-state index is 0. The van der Waals surface area contributed by atoms with Crippen molar-refractivity contribution >= 4 is 24.0 Å². The van der Waals surface area contributed by atoms with E-state index in [0.717, 1.165) is 18.6 Å². The molecule has 2 aromatic rings. The van der Waals surface area contributed by atoms with Crippen LogP contribution in [0.1, 0.15) is 42.5 Å². The predicted octanol–water partition coefficient (Wildman–Crippen LogP) is 3.80. The molecule has 1 fully saturated rings. The molecule has 146 valence electrons. The van der Waals surface area contributed by atoms with E-state index in [2.05, 4.69) is 10.3 Å². The molecule has 6 nitrogen and oxygen atoms in total. The number of nitrogens with zero attached hydrogens (tertiary/aromatic N) is 1. The molecule has 0 aliphatic heterocycles. The first-order valence-electron chi connectivity index (χ1n) is 9.11. The van der Waals surface area contributed by atoms with Crippen molar-refractivity contribution in [2.45, 2.75) is 38.2 Å². The highest BCUT2D eigenvalue weighted by Crippen LogP contribution is 2.23. The largest absolute Gasteiger partial charge is 0.492 e. The number of halogens is 1. The van der Waals surface area contributed by atoms with Gasteiger partial charge >= 0.3 is 0 Å². The minimum Gasteiger partial charge on any atom is -0.492 e. The number of ether oxygens (including phenoxy) is 2. The van der Waals surface area contributed by atoms with E-state index in [0.29, 0.717) is 30.3 Å². The smallest absolute Gasteiger partial charge is 0.255 e. The highest BCUT2D eigenvalue weighted by molar-refractivity contribution is 6.04. The summed E-state index contributed by atoms with van der Waals surface area (Å²) in [6, 6.07) is 10.6. The Morgan fingerprint density at radius 3 is 2.59 bits per heavy atom. The summed E-state index contributed by atoms with van der Waals surface area (Å²) in [6.07, 6.45) is 7.57. The Labute approximate surface area is 165 Å². The first-order chi connectivity index (χ1) is 12.7. The number of hydrogen-bond acceptors (Lipinski definition) is 5. The Balaban J connectivity index is 0.00000261. The van der Waals surface area contributed by atoms with E-state index in [1.807, 2.05) is 0 Å². The lowest BCUT2D eigenvalue weighted by Crippen LogP contribution is -2.20. The van der Waals surface area contributed by atoms with Gasteiger partial charge in [0.2, 0.25) is 5.88 Å². The number of hydrogen-bond donors (Lipinski definition) is 2. The van der Waals surface area contributed by atoms with E-state index in [9.17, 15) is 4.79 Å². The molecule has 0 unspecified atom stereocenters. The van der Waals surface area contributed by atoms with Gasteiger partial charge in [0.25, 0.3) is 5.91 Å². The summed E-state index contributed by atoms with van der Waals surface area (Å²) in [5.41, 5.74) is 6.63. The quantitative estimate of drug-likeness (QED) is 0.749.